The van der Waals surface area contributed by atoms with Crippen molar-refractivity contribution in [3.8, 4) is 6.07 Å². The van der Waals surface area contributed by atoms with Crippen LogP contribution in [-0.4, -0.2) is 84.5 Å². The number of hydrogen-bond donors (Lipinski definition) is 0. The van der Waals surface area contributed by atoms with Crippen molar-refractivity contribution < 1.29 is 0 Å². The fourth-order valence-electron chi connectivity index (χ4n) is 4.68. The summed E-state index contributed by atoms with van der Waals surface area (Å²) in [4.78, 5) is 13.1. The van der Waals surface area contributed by atoms with Crippen LogP contribution in [0.3, 0.4) is 0 Å². The molecule has 0 aromatic carbocycles. The van der Waals surface area contributed by atoms with Crippen molar-refractivity contribution in [2.24, 2.45) is 0 Å². The molecular formula is C22H34N6. The Morgan fingerprint density at radius 1 is 1.11 bits per heavy atom. The molecule has 3 heterocycles. The van der Waals surface area contributed by atoms with Gasteiger partial charge in [-0.05, 0) is 45.6 Å². The maximum Gasteiger partial charge on any atom is 0.300 e. The topological polar surface area (TPSA) is 41.1 Å². The molecule has 28 heavy (non-hydrogen) atoms. The second-order valence-corrected chi connectivity index (χ2v) is 8.16. The molecule has 0 N–H and O–H groups in total. The van der Waals surface area contributed by atoms with Crippen LogP contribution in [0.1, 0.15) is 39.0 Å². The molecule has 0 radical (unpaired) electrons. The minimum Gasteiger partial charge on any atom is -0.365 e. The molecule has 2 fully saturated rings. The molecule has 1 atom stereocenters. The predicted molar refractivity (Wildman–Crippen MR) is 112 cm³/mol. The number of allylic oxidation sites excluding steroid dienone is 1. The molecule has 6 heteroatoms. The summed E-state index contributed by atoms with van der Waals surface area (Å²) >= 11 is 0. The van der Waals surface area contributed by atoms with Crippen LogP contribution in [0.4, 0.5) is 0 Å². The normalized spacial score (nSPS) is 25.2. The average molecular weight is 383 g/mol. The molecule has 6 nitrogen and oxygen atoms in total. The third kappa shape index (κ3) is 5.28. The van der Waals surface area contributed by atoms with Gasteiger partial charge in [-0.25, -0.2) is 10.1 Å². The van der Waals surface area contributed by atoms with Crippen LogP contribution in [0, 0.1) is 17.9 Å². The van der Waals surface area contributed by atoms with E-state index in [0.29, 0.717) is 6.04 Å². The minimum absolute atomic E-state index is 0.257. The first-order chi connectivity index (χ1) is 13.7. The Hall–Kier alpha value is -2.02. The molecule has 152 valence electrons. The summed E-state index contributed by atoms with van der Waals surface area (Å²) in [7, 11) is 0. The zero-order valence-corrected chi connectivity index (χ0v) is 17.3. The molecule has 0 amide bonds. The lowest BCUT2D eigenvalue weighted by Gasteiger charge is -2.28. The van der Waals surface area contributed by atoms with Gasteiger partial charge in [0.25, 0.3) is 0 Å². The summed E-state index contributed by atoms with van der Waals surface area (Å²) in [5.41, 5.74) is 0.257. The SMILES string of the molecule is [C-]#[N+]C(C#N)=C1N(CCCN2CC=CCC2)CCN1CCCN1CCCC1C. The van der Waals surface area contributed by atoms with E-state index in [1.54, 1.807) is 0 Å². The Balaban J connectivity index is 1.52. The van der Waals surface area contributed by atoms with E-state index < -0.39 is 0 Å². The van der Waals surface area contributed by atoms with Gasteiger partial charge in [0.2, 0.25) is 0 Å². The van der Waals surface area contributed by atoms with E-state index in [4.69, 9.17) is 6.57 Å². The maximum absolute atomic E-state index is 9.49. The van der Waals surface area contributed by atoms with Gasteiger partial charge in [0, 0.05) is 58.4 Å². The van der Waals surface area contributed by atoms with Crippen molar-refractivity contribution in [2.45, 2.75) is 45.1 Å². The van der Waals surface area contributed by atoms with Crippen LogP contribution in [-0.2, 0) is 0 Å². The maximum atomic E-state index is 9.49. The quantitative estimate of drug-likeness (QED) is 0.367. The number of rotatable bonds is 8. The van der Waals surface area contributed by atoms with Gasteiger partial charge in [-0.1, -0.05) is 12.2 Å². The van der Waals surface area contributed by atoms with Gasteiger partial charge in [-0.3, -0.25) is 4.90 Å². The van der Waals surface area contributed by atoms with E-state index in [2.05, 4.69) is 49.6 Å². The Morgan fingerprint density at radius 2 is 1.86 bits per heavy atom. The van der Waals surface area contributed by atoms with Gasteiger partial charge in [0.05, 0.1) is 12.6 Å². The third-order valence-corrected chi connectivity index (χ3v) is 6.28. The molecule has 0 aromatic heterocycles. The van der Waals surface area contributed by atoms with Crippen molar-refractivity contribution >= 4 is 0 Å². The van der Waals surface area contributed by atoms with Crippen LogP contribution < -0.4 is 0 Å². The average Bonchev–Trinajstić information content (AvgIpc) is 3.31. The largest absolute Gasteiger partial charge is 0.365 e. The highest BCUT2D eigenvalue weighted by atomic mass is 15.4. The monoisotopic (exact) mass is 382 g/mol. The molecular weight excluding hydrogens is 348 g/mol. The van der Waals surface area contributed by atoms with Crippen molar-refractivity contribution in [1.82, 2.24) is 19.6 Å². The Labute approximate surface area is 170 Å². The molecule has 3 aliphatic rings. The van der Waals surface area contributed by atoms with Gasteiger partial charge in [-0.15, -0.1) is 0 Å². The molecule has 0 saturated carbocycles. The molecule has 0 spiro atoms. The molecule has 0 aliphatic carbocycles. The molecule has 3 aliphatic heterocycles. The van der Waals surface area contributed by atoms with E-state index in [0.717, 1.165) is 77.4 Å². The van der Waals surface area contributed by atoms with Crippen molar-refractivity contribution in [2.75, 3.05) is 58.9 Å². The van der Waals surface area contributed by atoms with Gasteiger partial charge in [-0.2, -0.15) is 0 Å². The van der Waals surface area contributed by atoms with Crippen molar-refractivity contribution in [3.05, 3.63) is 35.1 Å². The minimum atomic E-state index is 0.257. The number of hydrogen-bond acceptors (Lipinski definition) is 5. The zero-order valence-electron chi connectivity index (χ0n) is 17.3. The fraction of sp³-hybridized carbons (Fsp3) is 0.727. The Bertz CT molecular complexity index is 639. The molecule has 1 unspecified atom stereocenters. The number of nitriles is 1. The lowest BCUT2D eigenvalue weighted by Crippen LogP contribution is -2.33. The van der Waals surface area contributed by atoms with Gasteiger partial charge in [0.1, 0.15) is 5.82 Å². The first-order valence-corrected chi connectivity index (χ1v) is 10.9. The van der Waals surface area contributed by atoms with Crippen molar-refractivity contribution in [3.63, 3.8) is 0 Å². The summed E-state index contributed by atoms with van der Waals surface area (Å²) in [6.07, 6.45) is 10.5. The number of nitrogens with zero attached hydrogens (tertiary/aromatic N) is 6. The number of likely N-dealkylation sites (tertiary alicyclic amines) is 1. The second-order valence-electron chi connectivity index (χ2n) is 8.16. The van der Waals surface area contributed by atoms with E-state index in [1.165, 1.54) is 19.4 Å². The van der Waals surface area contributed by atoms with Gasteiger partial charge >= 0.3 is 5.70 Å². The highest BCUT2D eigenvalue weighted by Gasteiger charge is 2.28. The van der Waals surface area contributed by atoms with Crippen LogP contribution in [0.5, 0.6) is 0 Å². The van der Waals surface area contributed by atoms with Crippen LogP contribution >= 0.6 is 0 Å². The third-order valence-electron chi connectivity index (χ3n) is 6.28. The van der Waals surface area contributed by atoms with Crippen molar-refractivity contribution in [1.29, 1.82) is 5.26 Å². The summed E-state index contributed by atoms with van der Waals surface area (Å²) in [5, 5.41) is 9.49. The van der Waals surface area contributed by atoms with Crippen LogP contribution in [0.15, 0.2) is 23.7 Å². The van der Waals surface area contributed by atoms with Crippen LogP contribution in [0.25, 0.3) is 4.85 Å². The highest BCUT2D eigenvalue weighted by molar-refractivity contribution is 5.33. The van der Waals surface area contributed by atoms with Gasteiger partial charge < -0.3 is 14.7 Å². The molecule has 0 aromatic rings. The summed E-state index contributed by atoms with van der Waals surface area (Å²) in [6.45, 7) is 19.1. The zero-order chi connectivity index (χ0) is 19.8. The first-order valence-electron chi connectivity index (χ1n) is 10.9. The highest BCUT2D eigenvalue weighted by Crippen LogP contribution is 2.24. The Kier molecular flexibility index (Phi) is 7.77. The molecule has 3 rings (SSSR count). The summed E-state index contributed by atoms with van der Waals surface area (Å²) < 4.78 is 0. The standard InChI is InChI=1S/C22H34N6/c1-20-9-6-13-26(20)14-8-16-28-18-17-27(22(28)21(19-23)24-2)15-7-12-25-10-4-3-5-11-25/h3-4,20H,5-18H2,1H3. The van der Waals surface area contributed by atoms with E-state index >= 15 is 0 Å². The molecule has 0 bridgehead atoms. The first kappa shape index (κ1) is 20.7. The second kappa shape index (κ2) is 10.5. The smallest absolute Gasteiger partial charge is 0.300 e. The lowest BCUT2D eigenvalue weighted by atomic mass is 10.2. The Morgan fingerprint density at radius 3 is 2.43 bits per heavy atom. The van der Waals surface area contributed by atoms with Gasteiger partial charge in [0.15, 0.2) is 0 Å². The van der Waals surface area contributed by atoms with E-state index in [1.807, 2.05) is 0 Å². The molecule has 2 saturated heterocycles. The summed E-state index contributed by atoms with van der Waals surface area (Å²) in [5.74, 6) is 0.880. The van der Waals surface area contributed by atoms with Crippen LogP contribution in [0.2, 0.25) is 0 Å². The van der Waals surface area contributed by atoms with E-state index in [-0.39, 0.29) is 5.70 Å². The summed E-state index contributed by atoms with van der Waals surface area (Å²) in [6, 6.07) is 2.85. The fourth-order valence-corrected chi connectivity index (χ4v) is 4.68. The van der Waals surface area contributed by atoms with E-state index in [9.17, 15) is 5.26 Å². The lowest BCUT2D eigenvalue weighted by molar-refractivity contribution is 0.242. The predicted octanol–water partition coefficient (Wildman–Crippen LogP) is 2.74.